The van der Waals surface area contributed by atoms with Crippen molar-refractivity contribution in [3.05, 3.63) is 28.8 Å². The van der Waals surface area contributed by atoms with Crippen LogP contribution in [-0.4, -0.2) is 11.3 Å². The maximum absolute atomic E-state index is 9.21. The number of nitrogens with two attached hydrogens (primary N) is 1. The fourth-order valence-electron chi connectivity index (χ4n) is 1.23. The molecule has 0 aromatic heterocycles. The molecule has 0 fully saturated rings. The third-order valence-electron chi connectivity index (χ3n) is 1.78. The van der Waals surface area contributed by atoms with Crippen molar-refractivity contribution in [2.45, 2.75) is 13.8 Å². The summed E-state index contributed by atoms with van der Waals surface area (Å²) in [6.45, 7) is 3.81. The van der Waals surface area contributed by atoms with Crippen LogP contribution in [0.15, 0.2) is 17.2 Å². The summed E-state index contributed by atoms with van der Waals surface area (Å²) in [6, 6.07) is 3.37. The summed E-state index contributed by atoms with van der Waals surface area (Å²) in [5.41, 5.74) is 2.92. The van der Waals surface area contributed by atoms with Gasteiger partial charge < -0.3 is 10.9 Å². The first-order valence-electron chi connectivity index (χ1n) is 3.68. The van der Waals surface area contributed by atoms with Gasteiger partial charge >= 0.3 is 0 Å². The number of hydrogen-bond donors (Lipinski definition) is 2. The largest absolute Gasteiger partial charge is 0.508 e. The topological polar surface area (TPSA) is 58.6 Å². The highest BCUT2D eigenvalue weighted by molar-refractivity contribution is 5.83. The second kappa shape index (κ2) is 3.26. The Bertz CT molecular complexity index is 295. The Morgan fingerprint density at radius 3 is 2.25 bits per heavy atom. The average Bonchev–Trinajstić information content (AvgIpc) is 1.96. The first-order valence-corrected chi connectivity index (χ1v) is 3.68. The highest BCUT2D eigenvalue weighted by Crippen LogP contribution is 2.18. The minimum atomic E-state index is 0.277. The van der Waals surface area contributed by atoms with Crippen molar-refractivity contribution in [2.75, 3.05) is 0 Å². The van der Waals surface area contributed by atoms with Crippen LogP contribution >= 0.6 is 0 Å². The zero-order valence-electron chi connectivity index (χ0n) is 7.20. The molecule has 0 unspecified atom stereocenters. The minimum absolute atomic E-state index is 0.277. The molecule has 0 heterocycles. The average molecular weight is 164 g/mol. The van der Waals surface area contributed by atoms with Crippen molar-refractivity contribution < 1.29 is 5.11 Å². The van der Waals surface area contributed by atoms with Crippen LogP contribution in [-0.2, 0) is 0 Å². The molecule has 3 heteroatoms. The normalized spacial score (nSPS) is 10.8. The summed E-state index contributed by atoms with van der Waals surface area (Å²) in [5, 5.41) is 12.7. The van der Waals surface area contributed by atoms with E-state index in [0.29, 0.717) is 0 Å². The van der Waals surface area contributed by atoms with E-state index in [-0.39, 0.29) is 5.75 Å². The van der Waals surface area contributed by atoms with Crippen LogP contribution in [0.2, 0.25) is 0 Å². The van der Waals surface area contributed by atoms with Crippen LogP contribution in [0.5, 0.6) is 5.75 Å². The molecule has 0 atom stereocenters. The van der Waals surface area contributed by atoms with Gasteiger partial charge in [-0.2, -0.15) is 5.10 Å². The third kappa shape index (κ3) is 1.56. The predicted octanol–water partition coefficient (Wildman–Crippen LogP) is 1.30. The van der Waals surface area contributed by atoms with E-state index in [0.717, 1.165) is 16.7 Å². The van der Waals surface area contributed by atoms with Gasteiger partial charge in [0.15, 0.2) is 0 Å². The number of benzene rings is 1. The number of aromatic hydroxyl groups is 1. The Morgan fingerprint density at radius 1 is 1.33 bits per heavy atom. The minimum Gasteiger partial charge on any atom is -0.508 e. The summed E-state index contributed by atoms with van der Waals surface area (Å²) in [4.78, 5) is 0. The molecule has 0 saturated heterocycles. The molecule has 0 radical (unpaired) electrons. The lowest BCUT2D eigenvalue weighted by molar-refractivity contribution is 0.474. The molecule has 0 aliphatic carbocycles. The monoisotopic (exact) mass is 164 g/mol. The summed E-state index contributed by atoms with van der Waals surface area (Å²) in [6.07, 6.45) is 1.59. The molecule has 0 aliphatic heterocycles. The summed E-state index contributed by atoms with van der Waals surface area (Å²) in [5.74, 6) is 5.32. The highest BCUT2D eigenvalue weighted by Gasteiger charge is 2.01. The Labute approximate surface area is 71.5 Å². The lowest BCUT2D eigenvalue weighted by atomic mass is 10.0. The molecule has 1 aromatic rings. The van der Waals surface area contributed by atoms with Crippen molar-refractivity contribution >= 4 is 6.21 Å². The van der Waals surface area contributed by atoms with Crippen LogP contribution in [0.1, 0.15) is 16.7 Å². The fourth-order valence-corrected chi connectivity index (χ4v) is 1.23. The lowest BCUT2D eigenvalue weighted by Crippen LogP contribution is -1.93. The molecule has 0 amide bonds. The first kappa shape index (κ1) is 8.59. The van der Waals surface area contributed by atoms with E-state index in [1.165, 1.54) is 0 Å². The van der Waals surface area contributed by atoms with Gasteiger partial charge in [0.05, 0.1) is 6.21 Å². The van der Waals surface area contributed by atoms with E-state index in [9.17, 15) is 5.11 Å². The van der Waals surface area contributed by atoms with Crippen molar-refractivity contribution in [3.8, 4) is 5.75 Å². The maximum Gasteiger partial charge on any atom is 0.116 e. The van der Waals surface area contributed by atoms with E-state index in [2.05, 4.69) is 5.10 Å². The highest BCUT2D eigenvalue weighted by atomic mass is 16.3. The quantitative estimate of drug-likeness (QED) is 0.373. The Morgan fingerprint density at radius 2 is 1.83 bits per heavy atom. The lowest BCUT2D eigenvalue weighted by Gasteiger charge is -2.04. The Hall–Kier alpha value is -1.51. The molecule has 0 spiro atoms. The van der Waals surface area contributed by atoms with E-state index in [1.54, 1.807) is 18.3 Å². The standard InChI is InChI=1S/C9H12N2O/c1-6-3-8(12)4-7(2)9(6)5-11-10/h3-5,12H,10H2,1-2H3. The van der Waals surface area contributed by atoms with E-state index in [1.807, 2.05) is 13.8 Å². The van der Waals surface area contributed by atoms with Gasteiger partial charge in [0.1, 0.15) is 5.75 Å². The van der Waals surface area contributed by atoms with Crippen LogP contribution in [0.4, 0.5) is 0 Å². The summed E-state index contributed by atoms with van der Waals surface area (Å²) >= 11 is 0. The van der Waals surface area contributed by atoms with E-state index >= 15 is 0 Å². The van der Waals surface area contributed by atoms with E-state index < -0.39 is 0 Å². The number of rotatable bonds is 1. The number of phenols is 1. The second-order valence-electron chi connectivity index (χ2n) is 2.77. The molecule has 0 bridgehead atoms. The van der Waals surface area contributed by atoms with Crippen LogP contribution < -0.4 is 5.84 Å². The van der Waals surface area contributed by atoms with E-state index in [4.69, 9.17) is 5.84 Å². The fraction of sp³-hybridized carbons (Fsp3) is 0.222. The number of hydrogen-bond acceptors (Lipinski definition) is 3. The molecule has 64 valence electrons. The predicted molar refractivity (Wildman–Crippen MR) is 49.4 cm³/mol. The smallest absolute Gasteiger partial charge is 0.116 e. The van der Waals surface area contributed by atoms with Crippen molar-refractivity contribution in [1.29, 1.82) is 0 Å². The molecular weight excluding hydrogens is 152 g/mol. The summed E-state index contributed by atoms with van der Waals surface area (Å²) < 4.78 is 0. The van der Waals surface area contributed by atoms with Crippen LogP contribution in [0.25, 0.3) is 0 Å². The number of nitrogens with zero attached hydrogens (tertiary/aromatic N) is 1. The summed E-state index contributed by atoms with van der Waals surface area (Å²) in [7, 11) is 0. The van der Waals surface area contributed by atoms with Gasteiger partial charge in [-0.05, 0) is 37.1 Å². The van der Waals surface area contributed by atoms with Crippen LogP contribution in [0, 0.1) is 13.8 Å². The van der Waals surface area contributed by atoms with Crippen molar-refractivity contribution in [1.82, 2.24) is 0 Å². The maximum atomic E-state index is 9.21. The molecule has 1 rings (SSSR count). The molecule has 1 aromatic carbocycles. The van der Waals surface area contributed by atoms with Crippen molar-refractivity contribution in [2.24, 2.45) is 10.9 Å². The van der Waals surface area contributed by atoms with Gasteiger partial charge in [-0.15, -0.1) is 0 Å². The SMILES string of the molecule is Cc1cc(O)cc(C)c1C=NN. The van der Waals surface area contributed by atoms with Gasteiger partial charge in [-0.1, -0.05) is 0 Å². The zero-order valence-corrected chi connectivity index (χ0v) is 7.20. The zero-order chi connectivity index (χ0) is 9.14. The number of hydrazone groups is 1. The molecular formula is C9H12N2O. The van der Waals surface area contributed by atoms with Gasteiger partial charge in [0.25, 0.3) is 0 Å². The van der Waals surface area contributed by atoms with Crippen molar-refractivity contribution in [3.63, 3.8) is 0 Å². The van der Waals surface area contributed by atoms with Crippen LogP contribution in [0.3, 0.4) is 0 Å². The molecule has 0 saturated carbocycles. The number of phenolic OH excluding ortho intramolecular Hbond substituents is 1. The first-order chi connectivity index (χ1) is 5.65. The molecule has 3 nitrogen and oxygen atoms in total. The van der Waals surface area contributed by atoms with Gasteiger partial charge in [-0.25, -0.2) is 0 Å². The molecule has 0 aliphatic rings. The molecule has 3 N–H and O–H groups in total. The number of aryl methyl sites for hydroxylation is 2. The van der Waals surface area contributed by atoms with Gasteiger partial charge in [0.2, 0.25) is 0 Å². The van der Waals surface area contributed by atoms with Gasteiger partial charge in [-0.3, -0.25) is 0 Å². The Balaban J connectivity index is 3.28. The van der Waals surface area contributed by atoms with Gasteiger partial charge in [0, 0.05) is 5.56 Å². The third-order valence-corrected chi connectivity index (χ3v) is 1.78. The Kier molecular flexibility index (Phi) is 2.33. The second-order valence-corrected chi connectivity index (χ2v) is 2.77. The molecule has 12 heavy (non-hydrogen) atoms.